The lowest BCUT2D eigenvalue weighted by Crippen LogP contribution is -2.12. The van der Waals surface area contributed by atoms with Crippen LogP contribution in [0.2, 0.25) is 0 Å². The lowest BCUT2D eigenvalue weighted by atomic mass is 9.98. The van der Waals surface area contributed by atoms with Gasteiger partial charge in [0.1, 0.15) is 5.82 Å². The second-order valence-corrected chi connectivity index (χ2v) is 4.29. The van der Waals surface area contributed by atoms with Gasteiger partial charge in [-0.25, -0.2) is 4.39 Å². The van der Waals surface area contributed by atoms with Gasteiger partial charge in [0, 0.05) is 6.04 Å². The van der Waals surface area contributed by atoms with Crippen LogP contribution in [0.4, 0.5) is 4.39 Å². The Morgan fingerprint density at radius 1 is 1.50 bits per heavy atom. The lowest BCUT2D eigenvalue weighted by Gasteiger charge is -2.14. The Balaban J connectivity index is 2.13. The molecule has 2 rings (SSSR count). The highest BCUT2D eigenvalue weighted by atomic mass is 19.1. The number of hydrogen-bond acceptors (Lipinski definition) is 1. The van der Waals surface area contributed by atoms with Gasteiger partial charge in [-0.15, -0.1) is 0 Å². The van der Waals surface area contributed by atoms with Crippen molar-refractivity contribution < 1.29 is 4.39 Å². The number of benzene rings is 1. The van der Waals surface area contributed by atoms with Crippen LogP contribution in [-0.2, 0) is 0 Å². The molecule has 0 spiro atoms. The van der Waals surface area contributed by atoms with Crippen LogP contribution in [0.1, 0.15) is 36.4 Å². The Labute approximate surface area is 84.1 Å². The first-order valence-electron chi connectivity index (χ1n) is 5.18. The summed E-state index contributed by atoms with van der Waals surface area (Å²) in [7, 11) is 0. The van der Waals surface area contributed by atoms with E-state index >= 15 is 0 Å². The molecule has 0 radical (unpaired) electrons. The molecule has 1 nitrogen and oxygen atoms in total. The molecule has 1 aromatic rings. The van der Waals surface area contributed by atoms with Crippen LogP contribution in [0.25, 0.3) is 0 Å². The van der Waals surface area contributed by atoms with Crippen molar-refractivity contribution in [1.29, 1.82) is 0 Å². The lowest BCUT2D eigenvalue weighted by molar-refractivity contribution is 0.588. The molecule has 2 N–H and O–H groups in total. The molecule has 0 amide bonds. The molecule has 1 unspecified atom stereocenters. The van der Waals surface area contributed by atoms with Crippen LogP contribution in [0.5, 0.6) is 0 Å². The standard InChI is InChI=1S/C12H16FN/c1-8-6-10(13)4-5-11(8)12(14)7-9-2-3-9/h4-6,9,12H,2-3,7,14H2,1H3. The summed E-state index contributed by atoms with van der Waals surface area (Å²) in [5.74, 6) is 0.638. The fourth-order valence-electron chi connectivity index (χ4n) is 1.89. The third-order valence-corrected chi connectivity index (χ3v) is 2.92. The number of nitrogens with two attached hydrogens (primary N) is 1. The van der Waals surface area contributed by atoms with E-state index in [1.54, 1.807) is 6.07 Å². The van der Waals surface area contributed by atoms with Crippen molar-refractivity contribution >= 4 is 0 Å². The van der Waals surface area contributed by atoms with E-state index < -0.39 is 0 Å². The molecule has 2 heteroatoms. The average molecular weight is 193 g/mol. The summed E-state index contributed by atoms with van der Waals surface area (Å²) in [6, 6.07) is 4.96. The van der Waals surface area contributed by atoms with Crippen molar-refractivity contribution in [3.63, 3.8) is 0 Å². The van der Waals surface area contributed by atoms with E-state index in [1.165, 1.54) is 18.9 Å². The first-order chi connectivity index (χ1) is 6.66. The maximum absolute atomic E-state index is 12.8. The summed E-state index contributed by atoms with van der Waals surface area (Å²) >= 11 is 0. The second kappa shape index (κ2) is 3.70. The fraction of sp³-hybridized carbons (Fsp3) is 0.500. The van der Waals surface area contributed by atoms with Crippen molar-refractivity contribution in [1.82, 2.24) is 0 Å². The Morgan fingerprint density at radius 3 is 2.79 bits per heavy atom. The fourth-order valence-corrected chi connectivity index (χ4v) is 1.89. The van der Waals surface area contributed by atoms with Crippen LogP contribution in [0.3, 0.4) is 0 Å². The Morgan fingerprint density at radius 2 is 2.21 bits per heavy atom. The van der Waals surface area contributed by atoms with E-state index in [2.05, 4.69) is 0 Å². The van der Waals surface area contributed by atoms with Gasteiger partial charge in [0.2, 0.25) is 0 Å². The Bertz CT molecular complexity index is 331. The largest absolute Gasteiger partial charge is 0.324 e. The monoisotopic (exact) mass is 193 g/mol. The smallest absolute Gasteiger partial charge is 0.123 e. The molecule has 1 saturated carbocycles. The van der Waals surface area contributed by atoms with Crippen LogP contribution in [0.15, 0.2) is 18.2 Å². The average Bonchev–Trinajstić information content (AvgIpc) is 2.87. The van der Waals surface area contributed by atoms with Crippen molar-refractivity contribution in [2.24, 2.45) is 11.7 Å². The van der Waals surface area contributed by atoms with Gasteiger partial charge in [0.25, 0.3) is 0 Å². The third-order valence-electron chi connectivity index (χ3n) is 2.92. The van der Waals surface area contributed by atoms with E-state index in [0.29, 0.717) is 0 Å². The molecule has 1 aliphatic carbocycles. The van der Waals surface area contributed by atoms with Crippen molar-refractivity contribution in [2.75, 3.05) is 0 Å². The molecule has 0 bridgehead atoms. The molecule has 1 fully saturated rings. The zero-order valence-electron chi connectivity index (χ0n) is 8.46. The van der Waals surface area contributed by atoms with Gasteiger partial charge in [-0.05, 0) is 42.5 Å². The van der Waals surface area contributed by atoms with Crippen LogP contribution in [0, 0.1) is 18.7 Å². The number of halogens is 1. The van der Waals surface area contributed by atoms with Gasteiger partial charge >= 0.3 is 0 Å². The quantitative estimate of drug-likeness (QED) is 0.784. The molecule has 1 aliphatic rings. The first kappa shape index (κ1) is 9.66. The normalized spacial score (nSPS) is 18.2. The topological polar surface area (TPSA) is 26.0 Å². The number of aryl methyl sites for hydroxylation is 1. The van der Waals surface area contributed by atoms with Gasteiger partial charge in [-0.2, -0.15) is 0 Å². The summed E-state index contributed by atoms with van der Waals surface area (Å²) in [5, 5.41) is 0. The second-order valence-electron chi connectivity index (χ2n) is 4.29. The van der Waals surface area contributed by atoms with Gasteiger partial charge in [-0.1, -0.05) is 18.9 Å². The molecular formula is C12H16FN. The minimum Gasteiger partial charge on any atom is -0.324 e. The predicted octanol–water partition coefficient (Wildman–Crippen LogP) is 2.93. The van der Waals surface area contributed by atoms with E-state index in [0.717, 1.165) is 23.5 Å². The zero-order chi connectivity index (χ0) is 10.1. The first-order valence-corrected chi connectivity index (χ1v) is 5.18. The van der Waals surface area contributed by atoms with Gasteiger partial charge < -0.3 is 5.73 Å². The SMILES string of the molecule is Cc1cc(F)ccc1C(N)CC1CC1. The highest BCUT2D eigenvalue weighted by molar-refractivity contribution is 5.29. The zero-order valence-corrected chi connectivity index (χ0v) is 8.46. The maximum atomic E-state index is 12.8. The van der Waals surface area contributed by atoms with Crippen LogP contribution < -0.4 is 5.73 Å². The molecule has 1 aromatic carbocycles. The molecule has 76 valence electrons. The maximum Gasteiger partial charge on any atom is 0.123 e. The summed E-state index contributed by atoms with van der Waals surface area (Å²) in [6.07, 6.45) is 3.67. The van der Waals surface area contributed by atoms with Gasteiger partial charge in [-0.3, -0.25) is 0 Å². The predicted molar refractivity (Wildman–Crippen MR) is 55.4 cm³/mol. The Hall–Kier alpha value is -0.890. The summed E-state index contributed by atoms with van der Waals surface area (Å²) < 4.78 is 12.8. The van der Waals surface area contributed by atoms with Crippen molar-refractivity contribution in [3.8, 4) is 0 Å². The number of hydrogen-bond donors (Lipinski definition) is 1. The highest BCUT2D eigenvalue weighted by Gasteiger charge is 2.24. The molecule has 14 heavy (non-hydrogen) atoms. The Kier molecular flexibility index (Phi) is 2.55. The van der Waals surface area contributed by atoms with Crippen molar-refractivity contribution in [2.45, 2.75) is 32.2 Å². The molecular weight excluding hydrogens is 177 g/mol. The van der Waals surface area contributed by atoms with Gasteiger partial charge in [0.05, 0.1) is 0 Å². The van der Waals surface area contributed by atoms with E-state index in [1.807, 2.05) is 13.0 Å². The van der Waals surface area contributed by atoms with E-state index in [4.69, 9.17) is 5.73 Å². The third kappa shape index (κ3) is 2.13. The van der Waals surface area contributed by atoms with Crippen molar-refractivity contribution in [3.05, 3.63) is 35.1 Å². The minimum absolute atomic E-state index is 0.0862. The summed E-state index contributed by atoms with van der Waals surface area (Å²) in [6.45, 7) is 1.92. The van der Waals surface area contributed by atoms with E-state index in [-0.39, 0.29) is 11.9 Å². The molecule has 0 saturated heterocycles. The number of rotatable bonds is 3. The van der Waals surface area contributed by atoms with Crippen LogP contribution >= 0.6 is 0 Å². The van der Waals surface area contributed by atoms with Gasteiger partial charge in [0.15, 0.2) is 0 Å². The molecule has 0 aliphatic heterocycles. The molecule has 0 aromatic heterocycles. The molecule has 0 heterocycles. The van der Waals surface area contributed by atoms with Crippen LogP contribution in [-0.4, -0.2) is 0 Å². The minimum atomic E-state index is -0.176. The summed E-state index contributed by atoms with van der Waals surface area (Å²) in [4.78, 5) is 0. The highest BCUT2D eigenvalue weighted by Crippen LogP contribution is 2.37. The molecule has 1 atom stereocenters. The summed E-state index contributed by atoms with van der Waals surface area (Å²) in [5.41, 5.74) is 8.13. The van der Waals surface area contributed by atoms with E-state index in [9.17, 15) is 4.39 Å².